The first-order chi connectivity index (χ1) is 30.3. The molecule has 0 fully saturated rings. The van der Waals surface area contributed by atoms with E-state index in [1.54, 1.807) is 120 Å². The molecule has 17 heteroatoms. The third-order valence-electron chi connectivity index (χ3n) is 8.60. The number of esters is 1. The van der Waals surface area contributed by atoms with Gasteiger partial charge < -0.3 is 25.6 Å². The Morgan fingerprint density at radius 3 is 1.37 bits per heavy atom. The lowest BCUT2D eigenvalue weighted by molar-refractivity contribution is -0.136. The highest BCUT2D eigenvalue weighted by Gasteiger charge is 2.14. The van der Waals surface area contributed by atoms with E-state index in [0.29, 0.717) is 54.2 Å². The van der Waals surface area contributed by atoms with Gasteiger partial charge in [-0.25, -0.2) is 0 Å². The third-order valence-corrected chi connectivity index (χ3v) is 15.7. The smallest absolute Gasteiger partial charge is 0.315 e. The number of aliphatic carboxylic acids is 1. The van der Waals surface area contributed by atoms with Crippen molar-refractivity contribution in [2.24, 2.45) is 0 Å². The molecule has 0 saturated carbocycles. The zero-order chi connectivity index (χ0) is 44.9. The number of benzene rings is 6. The molecule has 6 aromatic carbocycles. The summed E-state index contributed by atoms with van der Waals surface area (Å²) in [5, 5.41) is 26.3. The number of hydrogen-bond acceptors (Lipinski definition) is 12. The van der Waals surface area contributed by atoms with Gasteiger partial charge in [-0.05, 0) is 119 Å². The zero-order valence-electron chi connectivity index (χ0n) is 32.4. The molecule has 0 bridgehead atoms. The number of hydrogen-bond donors (Lipinski definition) is 4. The highest BCUT2D eigenvalue weighted by atomic mass is 35.5. The van der Waals surface area contributed by atoms with E-state index < -0.39 is 5.97 Å². The summed E-state index contributed by atoms with van der Waals surface area (Å²) in [5.74, 6) is -0.465. The zero-order valence-corrected chi connectivity index (χ0v) is 40.3. The van der Waals surface area contributed by atoms with E-state index in [4.69, 9.17) is 85.8 Å². The molecular formula is C46H32Cl4N2O5S6. The molecule has 0 aliphatic heterocycles. The number of aromatic hydroxyl groups is 1. The van der Waals surface area contributed by atoms with Gasteiger partial charge in [-0.3, -0.25) is 9.59 Å². The van der Waals surface area contributed by atoms with Crippen LogP contribution in [0.2, 0.25) is 20.1 Å². The van der Waals surface area contributed by atoms with Gasteiger partial charge in [0, 0.05) is 21.1 Å². The van der Waals surface area contributed by atoms with Gasteiger partial charge in [0.25, 0.3) is 0 Å². The minimum atomic E-state index is -0.889. The number of rotatable bonds is 11. The number of halogens is 4. The maximum Gasteiger partial charge on any atom is 0.315 e. The quantitative estimate of drug-likeness (QED) is 0.0436. The first kappa shape index (κ1) is 47.8. The van der Waals surface area contributed by atoms with E-state index in [1.807, 2.05) is 66.7 Å². The summed E-state index contributed by atoms with van der Waals surface area (Å²) in [5.41, 5.74) is 6.19. The number of nitrogens with one attached hydrogen (secondary N) is 2. The summed E-state index contributed by atoms with van der Waals surface area (Å²) in [7, 11) is 6.46. The van der Waals surface area contributed by atoms with Gasteiger partial charge in [0.15, 0.2) is 0 Å². The van der Waals surface area contributed by atoms with Gasteiger partial charge in [0.2, 0.25) is 0 Å². The Morgan fingerprint density at radius 2 is 0.952 bits per heavy atom. The van der Waals surface area contributed by atoms with Crippen molar-refractivity contribution in [2.75, 3.05) is 10.6 Å². The highest BCUT2D eigenvalue weighted by Crippen LogP contribution is 2.36. The largest absolute Gasteiger partial charge is 0.508 e. The molecule has 7 nitrogen and oxygen atoms in total. The van der Waals surface area contributed by atoms with Gasteiger partial charge in [-0.2, -0.15) is 0 Å². The van der Waals surface area contributed by atoms with Crippen molar-refractivity contribution >= 4 is 147 Å². The molecule has 8 rings (SSSR count). The second-order valence-corrected chi connectivity index (χ2v) is 20.5. The first-order valence-electron chi connectivity index (χ1n) is 18.4. The molecule has 4 N–H and O–H groups in total. The predicted octanol–water partition coefficient (Wildman–Crippen LogP) is 16.7. The number of para-hydroxylation sites is 4. The highest BCUT2D eigenvalue weighted by molar-refractivity contribution is 7.80. The normalized spacial score (nSPS) is 10.4. The van der Waals surface area contributed by atoms with Crippen LogP contribution in [0, 0.1) is 7.65 Å². The molecule has 63 heavy (non-hydrogen) atoms. The monoisotopic (exact) mass is 1020 g/mol. The molecule has 2 aromatic heterocycles. The van der Waals surface area contributed by atoms with Gasteiger partial charge in [0.1, 0.15) is 19.1 Å². The van der Waals surface area contributed by atoms with Crippen LogP contribution < -0.4 is 15.4 Å². The van der Waals surface area contributed by atoms with Crippen molar-refractivity contribution in [2.45, 2.75) is 12.8 Å². The van der Waals surface area contributed by atoms with Crippen LogP contribution in [0.5, 0.6) is 11.5 Å². The van der Waals surface area contributed by atoms with Crippen LogP contribution in [0.3, 0.4) is 0 Å². The van der Waals surface area contributed by atoms with Crippen molar-refractivity contribution < 1.29 is 24.5 Å². The molecule has 0 saturated heterocycles. The van der Waals surface area contributed by atoms with E-state index >= 15 is 0 Å². The predicted molar refractivity (Wildman–Crippen MR) is 272 cm³/mol. The lowest BCUT2D eigenvalue weighted by Crippen LogP contribution is -2.12. The second kappa shape index (κ2) is 23.3. The van der Waals surface area contributed by atoms with Crippen LogP contribution in [0.25, 0.3) is 20.9 Å². The molecule has 0 spiro atoms. The lowest BCUT2D eigenvalue weighted by atomic mass is 10.1. The SMILES string of the molecule is O=C(Cc1ccccc1Nc1c(Cl)cccc1Cl)Oc1ccc(-c2cc(=S)ss2)cc1.O=C(O)Cc1ccccc1Nc1c(Cl)cccc1Cl.Oc1ccc(-c2cc(=S)ss2)cc1. The Hall–Kier alpha value is -4.64. The van der Waals surface area contributed by atoms with Crippen LogP contribution in [-0.4, -0.2) is 22.2 Å². The fourth-order valence-electron chi connectivity index (χ4n) is 5.64. The molecule has 0 aliphatic rings. The minimum absolute atomic E-state index is 0.0642. The molecule has 8 aromatic rings. The van der Waals surface area contributed by atoms with E-state index in [0.717, 1.165) is 39.8 Å². The van der Waals surface area contributed by atoms with E-state index in [-0.39, 0.29) is 18.8 Å². The van der Waals surface area contributed by atoms with Gasteiger partial charge in [-0.1, -0.05) is 161 Å². The van der Waals surface area contributed by atoms with Crippen LogP contribution >= 0.6 is 112 Å². The number of phenolic OH excluding ortho intramolecular Hbond substituents is 1. The van der Waals surface area contributed by atoms with Gasteiger partial charge >= 0.3 is 11.9 Å². The van der Waals surface area contributed by atoms with Gasteiger partial charge in [0.05, 0.1) is 44.3 Å². The number of carbonyl (C=O) groups is 2. The molecule has 0 aliphatic carbocycles. The number of phenols is 1. The van der Waals surface area contributed by atoms with Crippen LogP contribution in [0.1, 0.15) is 11.1 Å². The summed E-state index contributed by atoms with van der Waals surface area (Å²) in [6, 6.07) is 43.6. The second-order valence-electron chi connectivity index (χ2n) is 13.0. The summed E-state index contributed by atoms with van der Waals surface area (Å²) in [4.78, 5) is 25.7. The topological polar surface area (TPSA) is 108 Å². The molecule has 0 atom stereocenters. The molecule has 2 heterocycles. The molecule has 0 radical (unpaired) electrons. The molecule has 0 amide bonds. The number of carboxylic acid groups (broad SMARTS) is 1. The summed E-state index contributed by atoms with van der Waals surface area (Å²) >= 11 is 34.9. The maximum atomic E-state index is 12.6. The van der Waals surface area contributed by atoms with E-state index in [9.17, 15) is 9.59 Å². The Labute approximate surface area is 408 Å². The Balaban J connectivity index is 0.000000175. The van der Waals surface area contributed by atoms with E-state index in [2.05, 4.69) is 10.6 Å². The van der Waals surface area contributed by atoms with E-state index in [1.165, 1.54) is 0 Å². The summed E-state index contributed by atoms with van der Waals surface area (Å²) in [6.45, 7) is 0. The number of carbonyl (C=O) groups excluding carboxylic acids is 1. The van der Waals surface area contributed by atoms with Crippen molar-refractivity contribution in [1.29, 1.82) is 0 Å². The maximum absolute atomic E-state index is 12.6. The molecule has 0 unspecified atom stereocenters. The molecular weight excluding hydrogens is 995 g/mol. The van der Waals surface area contributed by atoms with Gasteiger partial charge in [-0.15, -0.1) is 0 Å². The van der Waals surface area contributed by atoms with Crippen LogP contribution in [0.15, 0.2) is 146 Å². The Bertz CT molecular complexity index is 2910. The Morgan fingerprint density at radius 1 is 0.540 bits per heavy atom. The van der Waals surface area contributed by atoms with Crippen molar-refractivity contribution in [3.63, 3.8) is 0 Å². The minimum Gasteiger partial charge on any atom is -0.508 e. The summed E-state index contributed by atoms with van der Waals surface area (Å²) in [6.07, 6.45) is 0.0319. The van der Waals surface area contributed by atoms with Crippen molar-refractivity contribution in [3.05, 3.63) is 184 Å². The fourth-order valence-corrected chi connectivity index (χ4v) is 11.4. The average molecular weight is 1030 g/mol. The first-order valence-corrected chi connectivity index (χ1v) is 25.1. The number of ether oxygens (including phenoxy) is 1. The average Bonchev–Trinajstić information content (AvgIpc) is 3.90. The summed E-state index contributed by atoms with van der Waals surface area (Å²) < 4.78 is 7.31. The Kier molecular flexibility index (Phi) is 17.7. The fraction of sp³-hybridized carbons (Fsp3) is 0.0435. The third kappa shape index (κ3) is 14.2. The van der Waals surface area contributed by atoms with Crippen LogP contribution in [0.4, 0.5) is 22.7 Å². The number of anilines is 4. The van der Waals surface area contributed by atoms with Crippen LogP contribution in [-0.2, 0) is 22.4 Å². The molecule has 320 valence electrons. The lowest BCUT2D eigenvalue weighted by Gasteiger charge is -2.14. The van der Waals surface area contributed by atoms with Crippen molar-refractivity contribution in [1.82, 2.24) is 0 Å². The standard InChI is InChI=1S/C23H15Cl2NO2S3.C14H11Cl2NO2.C9H6OS3/c24-17-5-3-6-18(25)23(17)26-19-7-2-1-4-15(19)12-21(27)28-16-10-8-14(9-11-16)20-13-22(29)31-30-20;15-10-5-3-6-11(16)14(10)17-12-7-2-1-4-9(12)8-13(18)19;10-7-3-1-6(2-4-7)8-5-9(11)13-12-8/h1-11,13,26H,12H2;1-7,17H,8H2,(H,18,19);1-5,10H. The number of carboxylic acids is 1. The van der Waals surface area contributed by atoms with Crippen molar-refractivity contribution in [3.8, 4) is 32.4 Å².